The third kappa shape index (κ3) is 16.7. The van der Waals surface area contributed by atoms with Gasteiger partial charge in [-0.15, -0.1) is 0 Å². The quantitative estimate of drug-likeness (QED) is 0.0673. The van der Waals surface area contributed by atoms with Gasteiger partial charge in [0.15, 0.2) is 0 Å². The van der Waals surface area contributed by atoms with Gasteiger partial charge >= 0.3 is 29.8 Å². The minimum Gasteiger partial charge on any atom is -0.497 e. The summed E-state index contributed by atoms with van der Waals surface area (Å²) in [5.74, 6) is -3.91. The molecule has 0 aliphatic heterocycles. The maximum absolute atomic E-state index is 13.2. The van der Waals surface area contributed by atoms with Crippen molar-refractivity contribution in [3.8, 4) is 17.2 Å². The molecule has 1 radical (unpaired) electrons. The molecule has 0 spiro atoms. The van der Waals surface area contributed by atoms with Gasteiger partial charge in [-0.3, -0.25) is 38.7 Å². The third-order valence-electron chi connectivity index (χ3n) is 8.70. The first-order valence-corrected chi connectivity index (χ1v) is 17.5. The van der Waals surface area contributed by atoms with Gasteiger partial charge in [0.25, 0.3) is 0 Å². The fourth-order valence-corrected chi connectivity index (χ4v) is 5.80. The van der Waals surface area contributed by atoms with Crippen LogP contribution in [0.4, 0.5) is 0 Å². The van der Waals surface area contributed by atoms with Crippen molar-refractivity contribution in [3.63, 3.8) is 0 Å². The van der Waals surface area contributed by atoms with Crippen LogP contribution >= 0.6 is 0 Å². The maximum Gasteiger partial charge on any atom is 0.321 e. The Bertz CT molecular complexity index is 1690. The van der Waals surface area contributed by atoms with Crippen LogP contribution in [0, 0.1) is 37.7 Å². The molecule has 16 nitrogen and oxygen atoms in total. The van der Waals surface area contributed by atoms with E-state index in [1.165, 1.54) is 28.9 Å². The van der Waals surface area contributed by atoms with Crippen molar-refractivity contribution in [3.05, 3.63) is 89.5 Å². The Balaban J connectivity index is 0.0000108. The zero-order valence-electron chi connectivity index (χ0n) is 31.5. The number of methoxy groups -OCH3 is 2. The van der Waals surface area contributed by atoms with Crippen LogP contribution in [0.25, 0.3) is 0 Å². The first-order chi connectivity index (χ1) is 26.3. The van der Waals surface area contributed by atoms with Gasteiger partial charge in [0.05, 0.1) is 40.5 Å². The molecule has 0 fully saturated rings. The molecule has 0 heterocycles. The monoisotopic (exact) mass is 932 g/mol. The summed E-state index contributed by atoms with van der Waals surface area (Å²) in [5.41, 5.74) is 1.94. The predicted octanol–water partition coefficient (Wildman–Crippen LogP) is 2.61. The van der Waals surface area contributed by atoms with E-state index in [-0.39, 0.29) is 83.4 Å². The molecule has 4 N–H and O–H groups in total. The molecule has 0 amide bonds. The Morgan fingerprint density at radius 2 is 0.982 bits per heavy atom. The van der Waals surface area contributed by atoms with Crippen LogP contribution in [0.5, 0.6) is 17.2 Å². The number of aliphatic carboxylic acids is 4. The summed E-state index contributed by atoms with van der Waals surface area (Å²) < 4.78 is 21.3. The summed E-state index contributed by atoms with van der Waals surface area (Å²) in [6.45, 7) is 0.181. The number of hydrogen-bond donors (Lipinski definition) is 4. The summed E-state index contributed by atoms with van der Waals surface area (Å²) in [4.78, 5) is 66.2. The molecular weight excluding hydrogens is 883 g/mol. The fourth-order valence-electron chi connectivity index (χ4n) is 5.80. The van der Waals surface area contributed by atoms with Gasteiger partial charge in [0.1, 0.15) is 35.9 Å². The van der Waals surface area contributed by atoms with Crippen LogP contribution in [-0.2, 0) is 48.2 Å². The van der Waals surface area contributed by atoms with Gasteiger partial charge < -0.3 is 39.4 Å². The Morgan fingerprint density at radius 1 is 0.571 bits per heavy atom. The molecule has 2 atom stereocenters. The smallest absolute Gasteiger partial charge is 0.321 e. The van der Waals surface area contributed by atoms with Crippen molar-refractivity contribution in [1.82, 2.24) is 14.7 Å². The van der Waals surface area contributed by atoms with Gasteiger partial charge in [0.2, 0.25) is 0 Å². The molecule has 2 unspecified atom stereocenters. The number of carbonyl (C=O) groups is 5. The molecule has 0 aliphatic carbocycles. The molecule has 0 aliphatic rings. The third-order valence-corrected chi connectivity index (χ3v) is 8.70. The number of carboxylic acid groups (broad SMARTS) is 4. The predicted molar refractivity (Wildman–Crippen MR) is 199 cm³/mol. The molecule has 0 aromatic heterocycles. The molecule has 0 saturated heterocycles. The minimum absolute atomic E-state index is 0. The average molecular weight is 933 g/mol. The zero-order valence-corrected chi connectivity index (χ0v) is 33.4. The molecule has 56 heavy (non-hydrogen) atoms. The number of esters is 1. The molecular formula is C39H49HoN3O13. The van der Waals surface area contributed by atoms with Crippen molar-refractivity contribution in [2.24, 2.45) is 0 Å². The first kappa shape index (κ1) is 47.7. The van der Waals surface area contributed by atoms with Gasteiger partial charge in [-0.25, -0.2) is 0 Å². The topological polar surface area (TPSA) is 213 Å². The van der Waals surface area contributed by atoms with Crippen molar-refractivity contribution in [1.29, 1.82) is 0 Å². The van der Waals surface area contributed by atoms with E-state index in [1.54, 1.807) is 72.8 Å². The van der Waals surface area contributed by atoms with Crippen molar-refractivity contribution in [2.45, 2.75) is 38.5 Å². The Kier molecular flexibility index (Phi) is 21.2. The van der Waals surface area contributed by atoms with Gasteiger partial charge in [-0.2, -0.15) is 0 Å². The summed E-state index contributed by atoms with van der Waals surface area (Å²) >= 11 is 0. The Morgan fingerprint density at radius 3 is 1.38 bits per heavy atom. The largest absolute Gasteiger partial charge is 0.497 e. The first-order valence-electron chi connectivity index (χ1n) is 17.5. The number of carbonyl (C=O) groups excluding carboxylic acids is 1. The van der Waals surface area contributed by atoms with E-state index in [2.05, 4.69) is 0 Å². The number of benzene rings is 3. The van der Waals surface area contributed by atoms with Crippen LogP contribution in [-0.4, -0.2) is 144 Å². The summed E-state index contributed by atoms with van der Waals surface area (Å²) in [7, 11) is 3.03. The Hall–Kier alpha value is -4.45. The Labute approximate surface area is 355 Å². The van der Waals surface area contributed by atoms with E-state index in [0.717, 1.165) is 0 Å². The second-order valence-corrected chi connectivity index (χ2v) is 12.6. The van der Waals surface area contributed by atoms with E-state index in [1.807, 2.05) is 6.92 Å². The molecule has 3 aromatic rings. The summed E-state index contributed by atoms with van der Waals surface area (Å²) in [5, 5.41) is 39.9. The van der Waals surface area contributed by atoms with Gasteiger partial charge in [0, 0.05) is 63.9 Å². The minimum atomic E-state index is -1.27. The van der Waals surface area contributed by atoms with Crippen molar-refractivity contribution in [2.75, 3.05) is 66.6 Å². The normalized spacial score (nSPS) is 12.0. The SMILES string of the molecule is CCOc1ccc(CC(C(=O)O)N(CCN(CCN(CC(=O)OCc2ccc(OC)cc2)C(Cc2ccc(OC)cc2)C(=O)O)CC(=O)O)CC(=O)O)cc1.[Ho]. The van der Waals surface area contributed by atoms with E-state index in [0.29, 0.717) is 40.5 Å². The molecule has 309 valence electrons. The fraction of sp³-hybridized carbons (Fsp3) is 0.410. The number of hydrogen-bond acceptors (Lipinski definition) is 12. The van der Waals surface area contributed by atoms with E-state index < -0.39 is 61.6 Å². The second kappa shape index (κ2) is 24.9. The van der Waals surface area contributed by atoms with Crippen LogP contribution < -0.4 is 14.2 Å². The van der Waals surface area contributed by atoms with Gasteiger partial charge in [-0.1, -0.05) is 36.4 Å². The van der Waals surface area contributed by atoms with Crippen LogP contribution in [0.3, 0.4) is 0 Å². The number of ether oxygens (including phenoxy) is 4. The van der Waals surface area contributed by atoms with Crippen LogP contribution in [0.1, 0.15) is 23.6 Å². The van der Waals surface area contributed by atoms with E-state index >= 15 is 0 Å². The maximum atomic E-state index is 13.2. The summed E-state index contributed by atoms with van der Waals surface area (Å²) in [6.07, 6.45) is -0.0474. The standard InChI is InChI=1S/C39H49N3O13.Ho/c1-4-54-32-15-7-28(8-16-32)21-33(38(48)49)41(24-36(45)46)19-17-40(23-35(43)44)18-20-42(25-37(47)55-26-29-9-13-31(53-3)14-10-29)34(39(50)51)22-27-5-11-30(52-2)12-6-27;/h5-16,33-34H,4,17-26H2,1-3H3,(H,43,44)(H,45,46)(H,48,49)(H,50,51);. The van der Waals surface area contributed by atoms with Crippen molar-refractivity contribution >= 4 is 29.8 Å². The van der Waals surface area contributed by atoms with E-state index in [4.69, 9.17) is 18.9 Å². The van der Waals surface area contributed by atoms with Crippen molar-refractivity contribution < 1.29 is 101 Å². The van der Waals surface area contributed by atoms with Crippen LogP contribution in [0.2, 0.25) is 0 Å². The molecule has 0 bridgehead atoms. The number of carboxylic acids is 4. The number of nitrogens with zero attached hydrogens (tertiary/aromatic N) is 3. The zero-order chi connectivity index (χ0) is 40.3. The summed E-state index contributed by atoms with van der Waals surface area (Å²) in [6, 6.07) is 17.9. The van der Waals surface area contributed by atoms with Crippen LogP contribution in [0.15, 0.2) is 72.8 Å². The van der Waals surface area contributed by atoms with E-state index in [9.17, 15) is 44.4 Å². The molecule has 3 aromatic carbocycles. The molecule has 3 rings (SSSR count). The second-order valence-electron chi connectivity index (χ2n) is 12.6. The van der Waals surface area contributed by atoms with Gasteiger partial charge in [-0.05, 0) is 72.9 Å². The number of rotatable bonds is 26. The molecule has 17 heteroatoms. The molecule has 0 saturated carbocycles. The average Bonchev–Trinajstić information content (AvgIpc) is 3.15.